The first kappa shape index (κ1) is 7.12. The van der Waals surface area contributed by atoms with Crippen LogP contribution in [0.4, 0.5) is 0 Å². The van der Waals surface area contributed by atoms with Gasteiger partial charge in [-0.2, -0.15) is 0 Å². The van der Waals surface area contributed by atoms with Crippen LogP contribution < -0.4 is 10.4 Å². The summed E-state index contributed by atoms with van der Waals surface area (Å²) in [6, 6.07) is 0. The van der Waals surface area contributed by atoms with Crippen LogP contribution in [0.2, 0.25) is 0 Å². The second kappa shape index (κ2) is 3.25. The largest absolute Gasteiger partial charge is 0.269 e. The van der Waals surface area contributed by atoms with Gasteiger partial charge in [0.15, 0.2) is 6.20 Å². The van der Waals surface area contributed by atoms with Gasteiger partial charge in [-0.3, -0.25) is 5.84 Å². The first-order valence-electron chi connectivity index (χ1n) is 3.65. The lowest BCUT2D eigenvalue weighted by atomic mass is 10.3. The van der Waals surface area contributed by atoms with Gasteiger partial charge in [-0.25, -0.2) is 4.57 Å². The number of imidazole rings is 1. The van der Waals surface area contributed by atoms with E-state index in [-0.39, 0.29) is 0 Å². The van der Waals surface area contributed by atoms with Crippen molar-refractivity contribution in [2.75, 3.05) is 5.84 Å². The number of rotatable bonds is 3. The van der Waals surface area contributed by atoms with E-state index in [1.807, 2.05) is 18.7 Å². The molecule has 0 aliphatic carbocycles. The number of aromatic nitrogens is 2. The molecule has 0 bridgehead atoms. The third kappa shape index (κ3) is 1.76. The van der Waals surface area contributed by atoms with Gasteiger partial charge in [0.2, 0.25) is 0 Å². The van der Waals surface area contributed by atoms with Gasteiger partial charge in [-0.1, -0.05) is 13.3 Å². The molecular weight excluding hydrogens is 126 g/mol. The van der Waals surface area contributed by atoms with Crippen molar-refractivity contribution in [3.63, 3.8) is 0 Å². The summed E-state index contributed by atoms with van der Waals surface area (Å²) in [6.45, 7) is 3.25. The fourth-order valence-electron chi connectivity index (χ4n) is 0.884. The van der Waals surface area contributed by atoms with Gasteiger partial charge in [0.25, 0.3) is 6.33 Å². The van der Waals surface area contributed by atoms with Gasteiger partial charge in [0.1, 0.15) is 6.20 Å². The number of unbranched alkanes of at least 4 members (excludes halogenated alkanes) is 1. The van der Waals surface area contributed by atoms with E-state index in [1.54, 1.807) is 4.68 Å². The standard InChI is InChI=1S/C7H14N3/c1-2-3-4-9-5-6-10(8)7-9/h5-7H,2-4,8H2,1H3/q+1. The van der Waals surface area contributed by atoms with Crippen LogP contribution in [-0.2, 0) is 6.54 Å². The molecule has 3 heteroatoms. The van der Waals surface area contributed by atoms with E-state index in [2.05, 4.69) is 11.5 Å². The summed E-state index contributed by atoms with van der Waals surface area (Å²) in [6.07, 6.45) is 8.15. The SMILES string of the molecule is CCCC[n+]1ccn(N)c1. The topological polar surface area (TPSA) is 34.8 Å². The Morgan fingerprint density at radius 3 is 2.90 bits per heavy atom. The molecule has 0 spiro atoms. The summed E-state index contributed by atoms with van der Waals surface area (Å²) in [7, 11) is 0. The van der Waals surface area contributed by atoms with Crippen molar-refractivity contribution in [2.24, 2.45) is 0 Å². The molecule has 1 heterocycles. The van der Waals surface area contributed by atoms with E-state index in [4.69, 9.17) is 5.84 Å². The fraction of sp³-hybridized carbons (Fsp3) is 0.571. The molecule has 0 aliphatic heterocycles. The van der Waals surface area contributed by atoms with Gasteiger partial charge < -0.3 is 0 Å². The van der Waals surface area contributed by atoms with Gasteiger partial charge in [-0.05, 0) is 6.42 Å². The molecule has 0 amide bonds. The molecule has 0 saturated heterocycles. The highest BCUT2D eigenvalue weighted by Gasteiger charge is 1.97. The zero-order valence-electron chi connectivity index (χ0n) is 6.33. The van der Waals surface area contributed by atoms with Crippen LogP contribution in [0.3, 0.4) is 0 Å². The Morgan fingerprint density at radius 1 is 1.60 bits per heavy atom. The zero-order valence-corrected chi connectivity index (χ0v) is 6.33. The quantitative estimate of drug-likeness (QED) is 0.475. The summed E-state index contributed by atoms with van der Waals surface area (Å²) in [5.74, 6) is 5.45. The lowest BCUT2D eigenvalue weighted by Crippen LogP contribution is -2.31. The number of nitrogens with zero attached hydrogens (tertiary/aromatic N) is 2. The second-order valence-electron chi connectivity index (χ2n) is 2.45. The van der Waals surface area contributed by atoms with Crippen LogP contribution in [0.25, 0.3) is 0 Å². The van der Waals surface area contributed by atoms with Crippen molar-refractivity contribution in [3.8, 4) is 0 Å². The summed E-state index contributed by atoms with van der Waals surface area (Å²) in [5, 5.41) is 0. The van der Waals surface area contributed by atoms with Crippen molar-refractivity contribution < 1.29 is 4.57 Å². The number of hydrogen-bond donors (Lipinski definition) is 1. The Balaban J connectivity index is 2.42. The minimum absolute atomic E-state index is 1.07. The van der Waals surface area contributed by atoms with Crippen molar-refractivity contribution in [2.45, 2.75) is 26.3 Å². The number of aryl methyl sites for hydroxylation is 1. The Bertz CT molecular complexity index is 192. The lowest BCUT2D eigenvalue weighted by Gasteiger charge is -1.90. The Morgan fingerprint density at radius 2 is 2.40 bits per heavy atom. The van der Waals surface area contributed by atoms with Crippen LogP contribution in [0, 0.1) is 0 Å². The zero-order chi connectivity index (χ0) is 7.40. The predicted molar refractivity (Wildman–Crippen MR) is 39.7 cm³/mol. The minimum atomic E-state index is 1.07. The minimum Gasteiger partial charge on any atom is -0.269 e. The number of nitrogens with two attached hydrogens (primary N) is 1. The second-order valence-corrected chi connectivity index (χ2v) is 2.45. The first-order chi connectivity index (χ1) is 4.83. The highest BCUT2D eigenvalue weighted by atomic mass is 15.3. The fourth-order valence-corrected chi connectivity index (χ4v) is 0.884. The number of nitrogen functional groups attached to an aromatic ring is 1. The van der Waals surface area contributed by atoms with E-state index >= 15 is 0 Å². The average Bonchev–Trinajstić information content (AvgIpc) is 2.31. The average molecular weight is 140 g/mol. The van der Waals surface area contributed by atoms with Gasteiger partial charge in [-0.15, -0.1) is 4.68 Å². The van der Waals surface area contributed by atoms with Crippen molar-refractivity contribution in [1.82, 2.24) is 4.68 Å². The van der Waals surface area contributed by atoms with Crippen LogP contribution in [0.1, 0.15) is 19.8 Å². The van der Waals surface area contributed by atoms with Crippen molar-refractivity contribution in [1.29, 1.82) is 0 Å². The molecule has 0 aliphatic rings. The lowest BCUT2D eigenvalue weighted by molar-refractivity contribution is -0.696. The molecule has 1 rings (SSSR count). The van der Waals surface area contributed by atoms with Crippen LogP contribution in [0.15, 0.2) is 18.7 Å². The highest BCUT2D eigenvalue weighted by Crippen LogP contribution is 1.85. The molecular formula is C7H14N3+. The third-order valence-electron chi connectivity index (χ3n) is 1.48. The molecule has 0 saturated carbocycles. The van der Waals surface area contributed by atoms with E-state index in [9.17, 15) is 0 Å². The van der Waals surface area contributed by atoms with E-state index in [0.29, 0.717) is 0 Å². The maximum Gasteiger partial charge on any atom is 0.266 e. The van der Waals surface area contributed by atoms with Crippen LogP contribution >= 0.6 is 0 Å². The van der Waals surface area contributed by atoms with E-state index < -0.39 is 0 Å². The smallest absolute Gasteiger partial charge is 0.266 e. The summed E-state index contributed by atoms with van der Waals surface area (Å²) < 4.78 is 3.65. The molecule has 0 unspecified atom stereocenters. The van der Waals surface area contributed by atoms with Crippen molar-refractivity contribution in [3.05, 3.63) is 18.7 Å². The molecule has 0 aromatic carbocycles. The third-order valence-corrected chi connectivity index (χ3v) is 1.48. The molecule has 0 atom stereocenters. The Kier molecular flexibility index (Phi) is 2.31. The van der Waals surface area contributed by atoms with Crippen molar-refractivity contribution >= 4 is 0 Å². The monoisotopic (exact) mass is 140 g/mol. The summed E-state index contributed by atoms with van der Waals surface area (Å²) in [5.41, 5.74) is 0. The predicted octanol–water partition coefficient (Wildman–Crippen LogP) is 0.289. The highest BCUT2D eigenvalue weighted by molar-refractivity contribution is 4.63. The first-order valence-corrected chi connectivity index (χ1v) is 3.65. The molecule has 56 valence electrons. The molecule has 2 N–H and O–H groups in total. The molecule has 0 fully saturated rings. The molecule has 3 nitrogen and oxygen atoms in total. The maximum atomic E-state index is 5.45. The Hall–Kier alpha value is -0.990. The van der Waals surface area contributed by atoms with Gasteiger partial charge >= 0.3 is 0 Å². The number of hydrogen-bond acceptors (Lipinski definition) is 1. The molecule has 0 radical (unpaired) electrons. The van der Waals surface area contributed by atoms with E-state index in [0.717, 1.165) is 6.54 Å². The summed E-state index contributed by atoms with van der Waals surface area (Å²) >= 11 is 0. The molecule has 1 aromatic rings. The van der Waals surface area contributed by atoms with Crippen LogP contribution in [0.5, 0.6) is 0 Å². The normalized spacial score (nSPS) is 10.1. The maximum absolute atomic E-state index is 5.45. The van der Waals surface area contributed by atoms with Gasteiger partial charge in [0, 0.05) is 0 Å². The van der Waals surface area contributed by atoms with Gasteiger partial charge in [0.05, 0.1) is 6.54 Å². The van der Waals surface area contributed by atoms with E-state index in [1.165, 1.54) is 12.8 Å². The van der Waals surface area contributed by atoms with Crippen LogP contribution in [-0.4, -0.2) is 4.68 Å². The Labute approximate surface area is 61.0 Å². The molecule has 1 aromatic heterocycles. The molecule has 10 heavy (non-hydrogen) atoms. The summed E-state index contributed by atoms with van der Waals surface area (Å²) in [4.78, 5) is 0.